The van der Waals surface area contributed by atoms with E-state index in [0.29, 0.717) is 17.6 Å². The Balaban J connectivity index is 1.44. The highest BCUT2D eigenvalue weighted by Gasteiger charge is 2.28. The van der Waals surface area contributed by atoms with Gasteiger partial charge in [0.2, 0.25) is 0 Å². The van der Waals surface area contributed by atoms with Crippen molar-refractivity contribution < 1.29 is 13.2 Å². The second kappa shape index (κ2) is 11.2. The minimum Gasteiger partial charge on any atom is -0.380 e. The number of ether oxygens (including phenoxy) is 1. The zero-order valence-electron chi connectivity index (χ0n) is 21.5. The molecule has 0 aliphatic heterocycles. The number of hydrogen-bond acceptors (Lipinski definition) is 6. The van der Waals surface area contributed by atoms with E-state index in [1.807, 2.05) is 19.2 Å². The van der Waals surface area contributed by atoms with Gasteiger partial charge in [-0.25, -0.2) is 17.4 Å². The molecular formula is C28H35N5O3S. The first-order chi connectivity index (χ1) is 18.0. The number of pyridine rings is 1. The van der Waals surface area contributed by atoms with Crippen LogP contribution in [-0.2, 0) is 14.8 Å². The third kappa shape index (κ3) is 5.21. The number of H-pyrrole nitrogens is 1. The minimum absolute atomic E-state index is 0.236. The number of fused-ring (bicyclic) bond motifs is 1. The summed E-state index contributed by atoms with van der Waals surface area (Å²) in [5.74, 6) is 0.407. The lowest BCUT2D eigenvalue weighted by molar-refractivity contribution is 0.0834. The molecule has 0 radical (unpaired) electrons. The van der Waals surface area contributed by atoms with E-state index in [1.165, 1.54) is 9.54 Å². The molecule has 1 fully saturated rings. The van der Waals surface area contributed by atoms with Crippen molar-refractivity contribution in [3.63, 3.8) is 0 Å². The highest BCUT2D eigenvalue weighted by atomic mass is 32.2. The molecule has 0 atom stereocenters. The van der Waals surface area contributed by atoms with Crippen LogP contribution in [0.4, 0.5) is 0 Å². The molecule has 9 heteroatoms. The number of aromatic nitrogens is 4. The lowest BCUT2D eigenvalue weighted by Crippen LogP contribution is -2.39. The zero-order chi connectivity index (χ0) is 25.8. The van der Waals surface area contributed by atoms with E-state index in [9.17, 15) is 8.42 Å². The van der Waals surface area contributed by atoms with Crippen molar-refractivity contribution in [1.29, 1.82) is 0 Å². The van der Waals surface area contributed by atoms with Gasteiger partial charge in [0.1, 0.15) is 0 Å². The summed E-state index contributed by atoms with van der Waals surface area (Å²) in [6, 6.07) is 11.2. The summed E-state index contributed by atoms with van der Waals surface area (Å²) >= 11 is 0. The number of likely N-dealkylation sites (N-methyl/N-ethyl adjacent to an activating group) is 1. The van der Waals surface area contributed by atoms with E-state index in [4.69, 9.17) is 9.72 Å². The van der Waals surface area contributed by atoms with E-state index >= 15 is 0 Å². The lowest BCUT2D eigenvalue weighted by atomic mass is 9.81. The first-order valence-corrected chi connectivity index (χ1v) is 14.6. The summed E-state index contributed by atoms with van der Waals surface area (Å²) in [5.41, 5.74) is 3.25. The molecule has 1 N–H and O–H groups in total. The summed E-state index contributed by atoms with van der Waals surface area (Å²) in [6.07, 6.45) is 11.5. The van der Waals surface area contributed by atoms with Gasteiger partial charge in [0.25, 0.3) is 10.0 Å². The normalized spacial score (nSPS) is 18.6. The summed E-state index contributed by atoms with van der Waals surface area (Å²) in [4.78, 5) is 7.50. The first-order valence-electron chi connectivity index (χ1n) is 13.2. The zero-order valence-corrected chi connectivity index (χ0v) is 22.3. The fourth-order valence-electron chi connectivity index (χ4n) is 5.54. The number of aromatic amines is 1. The van der Waals surface area contributed by atoms with Gasteiger partial charge in [0.15, 0.2) is 5.65 Å². The first kappa shape index (κ1) is 25.6. The predicted octanol–water partition coefficient (Wildman–Crippen LogP) is 5.05. The maximum absolute atomic E-state index is 13.5. The molecule has 4 aromatic rings. The highest BCUT2D eigenvalue weighted by Crippen LogP contribution is 2.38. The molecule has 1 aliphatic carbocycles. The molecule has 5 rings (SSSR count). The largest absolute Gasteiger partial charge is 0.380 e. The van der Waals surface area contributed by atoms with Gasteiger partial charge < -0.3 is 4.74 Å². The fourth-order valence-corrected chi connectivity index (χ4v) is 6.88. The highest BCUT2D eigenvalue weighted by molar-refractivity contribution is 7.90. The second-order valence-electron chi connectivity index (χ2n) is 9.61. The third-order valence-electron chi connectivity index (χ3n) is 7.56. The Morgan fingerprint density at radius 1 is 1.11 bits per heavy atom. The number of nitrogens with zero attached hydrogens (tertiary/aromatic N) is 4. The van der Waals surface area contributed by atoms with Gasteiger partial charge >= 0.3 is 0 Å². The van der Waals surface area contributed by atoms with Crippen molar-refractivity contribution in [2.75, 3.05) is 26.3 Å². The van der Waals surface area contributed by atoms with E-state index in [2.05, 4.69) is 28.1 Å². The summed E-state index contributed by atoms with van der Waals surface area (Å²) < 4.78 is 33.9. The van der Waals surface area contributed by atoms with Crippen LogP contribution < -0.4 is 0 Å². The van der Waals surface area contributed by atoms with Crippen LogP contribution >= 0.6 is 0 Å². The van der Waals surface area contributed by atoms with Crippen LogP contribution in [0, 0.1) is 0 Å². The molecule has 8 nitrogen and oxygen atoms in total. The Morgan fingerprint density at radius 2 is 1.89 bits per heavy atom. The number of benzene rings is 1. The average molecular weight is 522 g/mol. The van der Waals surface area contributed by atoms with Gasteiger partial charge in [-0.3, -0.25) is 10.00 Å². The molecule has 3 aromatic heterocycles. The quantitative estimate of drug-likeness (QED) is 0.294. The molecule has 0 saturated heterocycles. The van der Waals surface area contributed by atoms with E-state index in [1.54, 1.807) is 42.9 Å². The average Bonchev–Trinajstić information content (AvgIpc) is 3.60. The van der Waals surface area contributed by atoms with Crippen LogP contribution in [0.3, 0.4) is 0 Å². The van der Waals surface area contributed by atoms with Gasteiger partial charge in [-0.15, -0.1) is 0 Å². The fraction of sp³-hybridized carbons (Fsp3) is 0.429. The summed E-state index contributed by atoms with van der Waals surface area (Å²) in [7, 11) is -3.80. The van der Waals surface area contributed by atoms with Crippen molar-refractivity contribution in [1.82, 2.24) is 24.1 Å². The Bertz CT molecular complexity index is 1410. The molecule has 196 valence electrons. The molecule has 37 heavy (non-hydrogen) atoms. The molecule has 1 aromatic carbocycles. The van der Waals surface area contributed by atoms with Crippen LogP contribution in [0.15, 0.2) is 66.1 Å². The van der Waals surface area contributed by atoms with Crippen molar-refractivity contribution in [2.45, 2.75) is 56.4 Å². The standard InChI is InChI=1S/C28H35N5O3S/c1-3-32(14-15-36-4-2)24-12-10-21(11-13-24)22-16-26-27(23-18-30-31-19-23)20-33(28(26)29-17-22)37(34,35)25-8-6-5-7-9-25/h5-9,16-21,24H,3-4,10-15H2,1-2H3,(H,30,31). The Morgan fingerprint density at radius 3 is 2.57 bits per heavy atom. The molecule has 1 aliphatic rings. The number of nitrogens with one attached hydrogen (secondary N) is 1. The molecule has 0 spiro atoms. The monoisotopic (exact) mass is 521 g/mol. The van der Waals surface area contributed by atoms with Crippen molar-refractivity contribution in [3.8, 4) is 11.1 Å². The second-order valence-corrected chi connectivity index (χ2v) is 11.4. The van der Waals surface area contributed by atoms with Crippen LogP contribution in [0.2, 0.25) is 0 Å². The smallest absolute Gasteiger partial charge is 0.269 e. The molecule has 1 saturated carbocycles. The van der Waals surface area contributed by atoms with E-state index in [0.717, 1.165) is 68.5 Å². The van der Waals surface area contributed by atoms with Gasteiger partial charge in [0.05, 0.1) is 17.7 Å². The molecule has 0 amide bonds. The topological polar surface area (TPSA) is 93.1 Å². The van der Waals surface area contributed by atoms with Gasteiger partial charge in [-0.1, -0.05) is 25.1 Å². The Hall–Kier alpha value is -3.01. The van der Waals surface area contributed by atoms with Crippen LogP contribution in [0.1, 0.15) is 51.0 Å². The predicted molar refractivity (Wildman–Crippen MR) is 145 cm³/mol. The van der Waals surface area contributed by atoms with E-state index < -0.39 is 10.0 Å². The van der Waals surface area contributed by atoms with Crippen LogP contribution in [0.25, 0.3) is 22.2 Å². The maximum Gasteiger partial charge on any atom is 0.269 e. The third-order valence-corrected chi connectivity index (χ3v) is 9.22. The number of rotatable bonds is 10. The van der Waals surface area contributed by atoms with Crippen LogP contribution in [0.5, 0.6) is 0 Å². The van der Waals surface area contributed by atoms with Crippen molar-refractivity contribution in [3.05, 3.63) is 66.7 Å². The van der Waals surface area contributed by atoms with Gasteiger partial charge in [0, 0.05) is 54.3 Å². The molecule has 3 heterocycles. The molecular weight excluding hydrogens is 486 g/mol. The van der Waals surface area contributed by atoms with E-state index in [-0.39, 0.29) is 4.90 Å². The van der Waals surface area contributed by atoms with Gasteiger partial charge in [-0.05, 0) is 68.8 Å². The molecule has 0 bridgehead atoms. The molecule has 0 unspecified atom stereocenters. The number of hydrogen-bond donors (Lipinski definition) is 1. The van der Waals surface area contributed by atoms with Gasteiger partial charge in [-0.2, -0.15) is 5.10 Å². The minimum atomic E-state index is -3.80. The maximum atomic E-state index is 13.5. The Labute approximate surface area is 218 Å². The summed E-state index contributed by atoms with van der Waals surface area (Å²) in [5, 5.41) is 7.76. The van der Waals surface area contributed by atoms with Crippen molar-refractivity contribution in [2.24, 2.45) is 0 Å². The van der Waals surface area contributed by atoms with Crippen LogP contribution in [-0.4, -0.2) is 64.8 Å². The summed E-state index contributed by atoms with van der Waals surface area (Å²) in [6.45, 7) is 7.81. The Kier molecular flexibility index (Phi) is 7.73. The SMILES string of the molecule is CCOCCN(CC)C1CCC(c2cnc3c(c2)c(-c2cn[nH]c2)cn3S(=O)(=O)c2ccccc2)CC1. The van der Waals surface area contributed by atoms with Crippen molar-refractivity contribution >= 4 is 21.1 Å². The lowest BCUT2D eigenvalue weighted by Gasteiger charge is -2.36.